The van der Waals surface area contributed by atoms with Crippen molar-refractivity contribution in [3.63, 3.8) is 0 Å². The van der Waals surface area contributed by atoms with Crippen LogP contribution in [0.25, 0.3) is 0 Å². The highest BCUT2D eigenvalue weighted by Gasteiger charge is 2.05. The number of ether oxygens (including phenoxy) is 1. The molecule has 112 valence electrons. The largest absolute Gasteiger partial charge is 0.497 e. The summed E-state index contributed by atoms with van der Waals surface area (Å²) in [7, 11) is 1.70. The Hall–Kier alpha value is -1.80. The number of benzene rings is 2. The monoisotopic (exact) mass is 283 g/mol. The van der Waals surface area contributed by atoms with Crippen molar-refractivity contribution in [3.8, 4) is 5.75 Å². The molecule has 0 aliphatic heterocycles. The van der Waals surface area contributed by atoms with E-state index in [-0.39, 0.29) is 0 Å². The van der Waals surface area contributed by atoms with Gasteiger partial charge in [-0.15, -0.1) is 0 Å². The Kier molecular flexibility index (Phi) is 5.40. The molecule has 0 fully saturated rings. The first-order chi connectivity index (χ1) is 10.1. The van der Waals surface area contributed by atoms with E-state index in [0.717, 1.165) is 18.7 Å². The van der Waals surface area contributed by atoms with E-state index < -0.39 is 0 Å². The van der Waals surface area contributed by atoms with Gasteiger partial charge in [-0.2, -0.15) is 0 Å². The Morgan fingerprint density at radius 2 is 1.62 bits per heavy atom. The molecule has 2 nitrogen and oxygen atoms in total. The highest BCUT2D eigenvalue weighted by Crippen LogP contribution is 2.17. The summed E-state index contributed by atoms with van der Waals surface area (Å²) in [5.41, 5.74) is 5.35. The molecule has 0 heterocycles. The van der Waals surface area contributed by atoms with Crippen LogP contribution in [0.5, 0.6) is 5.75 Å². The van der Waals surface area contributed by atoms with E-state index in [2.05, 4.69) is 56.4 Å². The second-order valence-corrected chi connectivity index (χ2v) is 5.69. The summed E-state index contributed by atoms with van der Waals surface area (Å²) in [4.78, 5) is 0. The van der Waals surface area contributed by atoms with Crippen LogP contribution in [0.4, 0.5) is 0 Å². The van der Waals surface area contributed by atoms with Gasteiger partial charge >= 0.3 is 0 Å². The van der Waals surface area contributed by atoms with Gasteiger partial charge in [-0.1, -0.05) is 41.5 Å². The standard InChI is InChI=1S/C19H25NO/c1-14-11-15(2)13-18(12-14)16(3)20-10-9-17-5-7-19(21-4)8-6-17/h5-8,11-13,16,20H,9-10H2,1-4H3. The highest BCUT2D eigenvalue weighted by atomic mass is 16.5. The van der Waals surface area contributed by atoms with Crippen LogP contribution in [0.2, 0.25) is 0 Å². The zero-order valence-electron chi connectivity index (χ0n) is 13.4. The van der Waals surface area contributed by atoms with E-state index in [4.69, 9.17) is 4.74 Å². The number of methoxy groups -OCH3 is 1. The zero-order chi connectivity index (χ0) is 15.2. The molecule has 0 amide bonds. The molecule has 2 aromatic rings. The summed E-state index contributed by atoms with van der Waals surface area (Å²) < 4.78 is 5.18. The fourth-order valence-electron chi connectivity index (χ4n) is 2.60. The Labute approximate surface area is 128 Å². The first kappa shape index (κ1) is 15.6. The Morgan fingerprint density at radius 1 is 1.00 bits per heavy atom. The van der Waals surface area contributed by atoms with E-state index in [0.29, 0.717) is 6.04 Å². The molecular formula is C19H25NO. The minimum Gasteiger partial charge on any atom is -0.497 e. The van der Waals surface area contributed by atoms with Crippen LogP contribution < -0.4 is 10.1 Å². The maximum Gasteiger partial charge on any atom is 0.118 e. The summed E-state index contributed by atoms with van der Waals surface area (Å²) in [5.74, 6) is 0.912. The molecule has 1 atom stereocenters. The topological polar surface area (TPSA) is 21.3 Å². The Bertz CT molecular complexity index is 554. The maximum absolute atomic E-state index is 5.18. The average molecular weight is 283 g/mol. The van der Waals surface area contributed by atoms with E-state index in [1.54, 1.807) is 7.11 Å². The van der Waals surface area contributed by atoms with Gasteiger partial charge in [0.25, 0.3) is 0 Å². The first-order valence-electron chi connectivity index (χ1n) is 7.53. The van der Waals surface area contributed by atoms with Crippen LogP contribution in [0.15, 0.2) is 42.5 Å². The van der Waals surface area contributed by atoms with Crippen molar-refractivity contribution in [1.29, 1.82) is 0 Å². The molecule has 0 bridgehead atoms. The quantitative estimate of drug-likeness (QED) is 0.857. The highest BCUT2D eigenvalue weighted by molar-refractivity contribution is 5.30. The predicted molar refractivity (Wildman–Crippen MR) is 89.0 cm³/mol. The summed E-state index contributed by atoms with van der Waals surface area (Å²) in [6.45, 7) is 7.50. The number of aryl methyl sites for hydroxylation is 2. The lowest BCUT2D eigenvalue weighted by Crippen LogP contribution is -2.21. The van der Waals surface area contributed by atoms with Crippen molar-refractivity contribution >= 4 is 0 Å². The minimum absolute atomic E-state index is 0.377. The van der Waals surface area contributed by atoms with Gasteiger partial charge < -0.3 is 10.1 Å². The van der Waals surface area contributed by atoms with Gasteiger partial charge in [0, 0.05) is 6.04 Å². The summed E-state index contributed by atoms with van der Waals surface area (Å²) in [5, 5.41) is 3.60. The molecule has 0 saturated heterocycles. The fraction of sp³-hybridized carbons (Fsp3) is 0.368. The van der Waals surface area contributed by atoms with Gasteiger partial charge in [0.1, 0.15) is 5.75 Å². The van der Waals surface area contributed by atoms with Gasteiger partial charge in [0.15, 0.2) is 0 Å². The van der Waals surface area contributed by atoms with Crippen LogP contribution in [-0.2, 0) is 6.42 Å². The van der Waals surface area contributed by atoms with Crippen molar-refractivity contribution < 1.29 is 4.74 Å². The molecule has 2 heteroatoms. The van der Waals surface area contributed by atoms with Crippen LogP contribution >= 0.6 is 0 Å². The SMILES string of the molecule is COc1ccc(CCNC(C)c2cc(C)cc(C)c2)cc1. The Morgan fingerprint density at radius 3 is 2.19 bits per heavy atom. The second-order valence-electron chi connectivity index (χ2n) is 5.69. The molecule has 0 aliphatic carbocycles. The summed E-state index contributed by atoms with van der Waals surface area (Å²) >= 11 is 0. The van der Waals surface area contributed by atoms with Gasteiger partial charge in [0.2, 0.25) is 0 Å². The van der Waals surface area contributed by atoms with Crippen LogP contribution in [-0.4, -0.2) is 13.7 Å². The lowest BCUT2D eigenvalue weighted by Gasteiger charge is -2.16. The molecule has 1 N–H and O–H groups in total. The lowest BCUT2D eigenvalue weighted by atomic mass is 10.0. The molecule has 0 radical (unpaired) electrons. The van der Waals surface area contributed by atoms with Crippen molar-refractivity contribution in [2.45, 2.75) is 33.2 Å². The minimum atomic E-state index is 0.377. The number of hydrogen-bond acceptors (Lipinski definition) is 2. The summed E-state index contributed by atoms with van der Waals surface area (Å²) in [6.07, 6.45) is 1.03. The van der Waals surface area contributed by atoms with Crippen molar-refractivity contribution in [1.82, 2.24) is 5.32 Å². The van der Waals surface area contributed by atoms with E-state index >= 15 is 0 Å². The summed E-state index contributed by atoms with van der Waals surface area (Å²) in [6, 6.07) is 15.4. The van der Waals surface area contributed by atoms with Gasteiger partial charge in [-0.3, -0.25) is 0 Å². The molecule has 0 spiro atoms. The third-order valence-electron chi connectivity index (χ3n) is 3.77. The number of hydrogen-bond donors (Lipinski definition) is 1. The maximum atomic E-state index is 5.18. The molecule has 2 rings (SSSR count). The van der Waals surface area contributed by atoms with Crippen molar-refractivity contribution in [2.24, 2.45) is 0 Å². The third kappa shape index (κ3) is 4.61. The fourth-order valence-corrected chi connectivity index (χ4v) is 2.60. The average Bonchev–Trinajstić information content (AvgIpc) is 2.47. The van der Waals surface area contributed by atoms with Gasteiger partial charge in [-0.05, 0) is 57.0 Å². The number of rotatable bonds is 6. The predicted octanol–water partition coefficient (Wildman–Crippen LogP) is 4.21. The van der Waals surface area contributed by atoms with Gasteiger partial charge in [0.05, 0.1) is 7.11 Å². The van der Waals surface area contributed by atoms with Gasteiger partial charge in [-0.25, -0.2) is 0 Å². The molecule has 21 heavy (non-hydrogen) atoms. The normalized spacial score (nSPS) is 12.2. The lowest BCUT2D eigenvalue weighted by molar-refractivity contribution is 0.414. The molecule has 0 saturated carbocycles. The van der Waals surface area contributed by atoms with Crippen molar-refractivity contribution in [2.75, 3.05) is 13.7 Å². The number of nitrogens with one attached hydrogen (secondary N) is 1. The molecule has 2 aromatic carbocycles. The van der Waals surface area contributed by atoms with Crippen molar-refractivity contribution in [3.05, 3.63) is 64.7 Å². The van der Waals surface area contributed by atoms with E-state index in [9.17, 15) is 0 Å². The Balaban J connectivity index is 1.87. The first-order valence-corrected chi connectivity index (χ1v) is 7.53. The molecule has 0 aromatic heterocycles. The third-order valence-corrected chi connectivity index (χ3v) is 3.77. The van der Waals surface area contributed by atoms with Crippen LogP contribution in [0.1, 0.15) is 35.2 Å². The molecule has 0 aliphatic rings. The smallest absolute Gasteiger partial charge is 0.118 e. The molecular weight excluding hydrogens is 258 g/mol. The second kappa shape index (κ2) is 7.28. The van der Waals surface area contributed by atoms with Crippen LogP contribution in [0.3, 0.4) is 0 Å². The zero-order valence-corrected chi connectivity index (χ0v) is 13.4. The van der Waals surface area contributed by atoms with E-state index in [1.807, 2.05) is 12.1 Å². The van der Waals surface area contributed by atoms with Crippen LogP contribution in [0, 0.1) is 13.8 Å². The molecule has 1 unspecified atom stereocenters. The van der Waals surface area contributed by atoms with E-state index in [1.165, 1.54) is 22.3 Å².